The predicted octanol–water partition coefficient (Wildman–Crippen LogP) is 2.87. The van der Waals surface area contributed by atoms with E-state index in [0.29, 0.717) is 28.0 Å². The van der Waals surface area contributed by atoms with E-state index in [1.165, 1.54) is 10.8 Å². The molecule has 3 N–H and O–H groups in total. The molecule has 0 bridgehead atoms. The third-order valence-corrected chi connectivity index (χ3v) is 4.96. The smallest absolute Gasteiger partial charge is 0.266 e. The van der Waals surface area contributed by atoms with Crippen molar-refractivity contribution in [2.45, 2.75) is 19.4 Å². The van der Waals surface area contributed by atoms with Gasteiger partial charge in [0.25, 0.3) is 5.56 Å². The average molecular weight is 422 g/mol. The SMILES string of the molecule is CC(Nc1nc(N)ncc1C#N)c1nc2cccc(CC#N)c2c(=O)n1-c1ccccc1. The highest BCUT2D eigenvalue weighted by Crippen LogP contribution is 2.24. The first-order chi connectivity index (χ1) is 15.5. The van der Waals surface area contributed by atoms with Crippen LogP contribution in [0.3, 0.4) is 0 Å². The molecular weight excluding hydrogens is 404 g/mol. The molecule has 0 aliphatic heterocycles. The van der Waals surface area contributed by atoms with Crippen molar-refractivity contribution in [1.29, 1.82) is 10.5 Å². The molecule has 2 heterocycles. The number of nitrogens with two attached hydrogens (primary N) is 1. The molecule has 4 rings (SSSR count). The van der Waals surface area contributed by atoms with Crippen molar-refractivity contribution in [1.82, 2.24) is 19.5 Å². The number of anilines is 2. The lowest BCUT2D eigenvalue weighted by molar-refractivity contribution is 0.730. The number of nitriles is 2. The van der Waals surface area contributed by atoms with E-state index in [2.05, 4.69) is 21.4 Å². The van der Waals surface area contributed by atoms with Gasteiger partial charge >= 0.3 is 0 Å². The minimum absolute atomic E-state index is 0.0202. The predicted molar refractivity (Wildman–Crippen MR) is 120 cm³/mol. The van der Waals surface area contributed by atoms with Gasteiger partial charge in [-0.15, -0.1) is 0 Å². The second-order valence-electron chi connectivity index (χ2n) is 7.06. The molecule has 9 nitrogen and oxygen atoms in total. The largest absolute Gasteiger partial charge is 0.368 e. The molecule has 0 fully saturated rings. The van der Waals surface area contributed by atoms with Gasteiger partial charge in [0.1, 0.15) is 23.3 Å². The third-order valence-electron chi connectivity index (χ3n) is 4.96. The zero-order chi connectivity index (χ0) is 22.7. The summed E-state index contributed by atoms with van der Waals surface area (Å²) in [5.41, 5.74) is 7.37. The fraction of sp³-hybridized carbons (Fsp3) is 0.130. The van der Waals surface area contributed by atoms with E-state index in [1.54, 1.807) is 30.3 Å². The summed E-state index contributed by atoms with van der Waals surface area (Å²) in [6, 6.07) is 18.0. The molecule has 2 aromatic carbocycles. The first-order valence-electron chi connectivity index (χ1n) is 9.79. The van der Waals surface area contributed by atoms with Crippen molar-refractivity contribution in [3.8, 4) is 17.8 Å². The van der Waals surface area contributed by atoms with Crippen molar-refractivity contribution >= 4 is 22.7 Å². The van der Waals surface area contributed by atoms with Gasteiger partial charge in [-0.05, 0) is 30.7 Å². The normalized spacial score (nSPS) is 11.5. The van der Waals surface area contributed by atoms with Crippen LogP contribution in [0.15, 0.2) is 59.5 Å². The van der Waals surface area contributed by atoms with Crippen LogP contribution < -0.4 is 16.6 Å². The standard InChI is InChI=1S/C23H18N8O/c1-14(28-20-16(12-25)13-27-23(26)30-20)21-29-18-9-5-6-15(10-11-24)19(18)22(32)31(21)17-7-3-2-4-8-17/h2-9,13-14H,10H2,1H3,(H3,26,27,28,30). The number of para-hydroxylation sites is 1. The van der Waals surface area contributed by atoms with Crippen molar-refractivity contribution in [3.05, 3.63) is 82.0 Å². The molecule has 0 saturated heterocycles. The minimum atomic E-state index is -0.520. The summed E-state index contributed by atoms with van der Waals surface area (Å²) in [7, 11) is 0. The fourth-order valence-electron chi connectivity index (χ4n) is 3.52. The van der Waals surface area contributed by atoms with Gasteiger partial charge in [-0.3, -0.25) is 9.36 Å². The topological polar surface area (TPSA) is 146 Å². The van der Waals surface area contributed by atoms with Gasteiger partial charge in [0.05, 0.1) is 41.3 Å². The van der Waals surface area contributed by atoms with Gasteiger partial charge < -0.3 is 11.1 Å². The van der Waals surface area contributed by atoms with Crippen LogP contribution >= 0.6 is 0 Å². The molecule has 9 heteroatoms. The van der Waals surface area contributed by atoms with Gasteiger partial charge in [0.2, 0.25) is 5.95 Å². The van der Waals surface area contributed by atoms with Gasteiger partial charge in [-0.25, -0.2) is 9.97 Å². The number of aromatic nitrogens is 4. The van der Waals surface area contributed by atoms with Crippen LogP contribution in [0.25, 0.3) is 16.6 Å². The van der Waals surface area contributed by atoms with Crippen molar-refractivity contribution in [3.63, 3.8) is 0 Å². The molecule has 2 aromatic heterocycles. The Hall–Kier alpha value is -4.76. The van der Waals surface area contributed by atoms with E-state index in [0.717, 1.165) is 0 Å². The van der Waals surface area contributed by atoms with Crippen LogP contribution in [0.5, 0.6) is 0 Å². The maximum atomic E-state index is 13.7. The second kappa shape index (κ2) is 8.54. The molecule has 0 aliphatic carbocycles. The zero-order valence-electron chi connectivity index (χ0n) is 17.1. The first-order valence-corrected chi connectivity index (χ1v) is 9.79. The highest BCUT2D eigenvalue weighted by atomic mass is 16.1. The summed E-state index contributed by atoms with van der Waals surface area (Å²) in [5.74, 6) is 0.690. The number of nitrogen functional groups attached to an aromatic ring is 1. The summed E-state index contributed by atoms with van der Waals surface area (Å²) in [4.78, 5) is 26.4. The van der Waals surface area contributed by atoms with Gasteiger partial charge in [0, 0.05) is 0 Å². The summed E-state index contributed by atoms with van der Waals surface area (Å²) in [6.07, 6.45) is 1.44. The summed E-state index contributed by atoms with van der Waals surface area (Å²) in [5, 5.41) is 22.1. The first kappa shape index (κ1) is 20.5. The maximum absolute atomic E-state index is 13.7. The van der Waals surface area contributed by atoms with Crippen LogP contribution in [-0.4, -0.2) is 19.5 Å². The molecule has 1 unspecified atom stereocenters. The molecule has 32 heavy (non-hydrogen) atoms. The minimum Gasteiger partial charge on any atom is -0.368 e. The number of benzene rings is 2. The quantitative estimate of drug-likeness (QED) is 0.499. The number of nitrogens with one attached hydrogen (secondary N) is 1. The number of hydrogen-bond donors (Lipinski definition) is 2. The Kier molecular flexibility index (Phi) is 5.47. The lowest BCUT2D eigenvalue weighted by Crippen LogP contribution is -2.28. The van der Waals surface area contributed by atoms with E-state index < -0.39 is 6.04 Å². The van der Waals surface area contributed by atoms with Crippen LogP contribution in [0, 0.1) is 22.7 Å². The van der Waals surface area contributed by atoms with E-state index in [-0.39, 0.29) is 29.3 Å². The molecule has 0 aliphatic rings. The molecule has 0 saturated carbocycles. The third kappa shape index (κ3) is 3.71. The fourth-order valence-corrected chi connectivity index (χ4v) is 3.52. The Morgan fingerprint density at radius 2 is 1.91 bits per heavy atom. The number of fused-ring (bicyclic) bond motifs is 1. The van der Waals surface area contributed by atoms with Crippen molar-refractivity contribution < 1.29 is 0 Å². The van der Waals surface area contributed by atoms with E-state index in [9.17, 15) is 15.3 Å². The molecule has 0 amide bonds. The van der Waals surface area contributed by atoms with Gasteiger partial charge in [-0.1, -0.05) is 30.3 Å². The zero-order valence-corrected chi connectivity index (χ0v) is 17.1. The van der Waals surface area contributed by atoms with Crippen LogP contribution in [0.1, 0.15) is 29.9 Å². The summed E-state index contributed by atoms with van der Waals surface area (Å²) >= 11 is 0. The Bertz CT molecular complexity index is 1450. The molecule has 1 atom stereocenters. The molecule has 4 aromatic rings. The number of rotatable bonds is 5. The van der Waals surface area contributed by atoms with Crippen molar-refractivity contribution in [2.75, 3.05) is 11.1 Å². The molecule has 0 spiro atoms. The molecule has 0 radical (unpaired) electrons. The molecular formula is C23H18N8O. The lowest BCUT2D eigenvalue weighted by atomic mass is 10.1. The Balaban J connectivity index is 1.95. The lowest BCUT2D eigenvalue weighted by Gasteiger charge is -2.21. The van der Waals surface area contributed by atoms with Gasteiger partial charge in [0.15, 0.2) is 0 Å². The highest BCUT2D eigenvalue weighted by Gasteiger charge is 2.21. The van der Waals surface area contributed by atoms with E-state index >= 15 is 0 Å². The van der Waals surface area contributed by atoms with Crippen molar-refractivity contribution in [2.24, 2.45) is 0 Å². The van der Waals surface area contributed by atoms with Crippen LogP contribution in [0.2, 0.25) is 0 Å². The number of hydrogen-bond acceptors (Lipinski definition) is 8. The maximum Gasteiger partial charge on any atom is 0.266 e. The van der Waals surface area contributed by atoms with Crippen LogP contribution in [-0.2, 0) is 6.42 Å². The Labute approximate surface area is 183 Å². The van der Waals surface area contributed by atoms with Crippen LogP contribution in [0.4, 0.5) is 11.8 Å². The van der Waals surface area contributed by atoms with E-state index in [4.69, 9.17) is 10.7 Å². The highest BCUT2D eigenvalue weighted by molar-refractivity contribution is 5.82. The van der Waals surface area contributed by atoms with Gasteiger partial charge in [-0.2, -0.15) is 15.5 Å². The Morgan fingerprint density at radius 1 is 1.12 bits per heavy atom. The monoisotopic (exact) mass is 422 g/mol. The summed E-state index contributed by atoms with van der Waals surface area (Å²) in [6.45, 7) is 1.81. The Morgan fingerprint density at radius 3 is 2.62 bits per heavy atom. The average Bonchev–Trinajstić information content (AvgIpc) is 2.80. The van der Waals surface area contributed by atoms with E-state index in [1.807, 2.05) is 31.2 Å². The number of nitrogens with zero attached hydrogens (tertiary/aromatic N) is 6. The summed E-state index contributed by atoms with van der Waals surface area (Å²) < 4.78 is 1.51. The molecule has 156 valence electrons. The second-order valence-corrected chi connectivity index (χ2v) is 7.06.